The predicted molar refractivity (Wildman–Crippen MR) is 27.5 cm³/mol. The predicted octanol–water partition coefficient (Wildman–Crippen LogP) is 0.196. The van der Waals surface area contributed by atoms with E-state index in [-0.39, 0.29) is 0 Å². The number of rotatable bonds is 1. The minimum Gasteiger partial charge on any atom is -0.298 e. The second-order valence-electron chi connectivity index (χ2n) is 1.32. The van der Waals surface area contributed by atoms with Gasteiger partial charge in [-0.1, -0.05) is 6.08 Å². The molecule has 0 spiro atoms. The van der Waals surface area contributed by atoms with Gasteiger partial charge in [-0.15, -0.1) is 0 Å². The van der Waals surface area contributed by atoms with Gasteiger partial charge >= 0.3 is 0 Å². The van der Waals surface area contributed by atoms with Crippen molar-refractivity contribution in [2.75, 3.05) is 6.54 Å². The lowest BCUT2D eigenvalue weighted by atomic mass is 10.3. The van der Waals surface area contributed by atoms with Crippen molar-refractivity contribution < 1.29 is 4.79 Å². The standard InChI is InChI=1S/C5H5NO/c7-4-5-1-2-6-3-5/h1,3-4H,2H2. The van der Waals surface area contributed by atoms with Crippen molar-refractivity contribution in [1.29, 1.82) is 0 Å². The van der Waals surface area contributed by atoms with E-state index in [2.05, 4.69) is 4.99 Å². The molecule has 0 saturated heterocycles. The van der Waals surface area contributed by atoms with Crippen molar-refractivity contribution in [1.82, 2.24) is 0 Å². The molecule has 0 unspecified atom stereocenters. The third-order valence-electron chi connectivity index (χ3n) is 0.809. The molecule has 0 atom stereocenters. The second-order valence-corrected chi connectivity index (χ2v) is 1.32. The monoisotopic (exact) mass is 95.0 g/mol. The average Bonchev–Trinajstić information content (AvgIpc) is 2.14. The number of allylic oxidation sites excluding steroid dienone is 1. The third-order valence-corrected chi connectivity index (χ3v) is 0.809. The zero-order chi connectivity index (χ0) is 5.11. The van der Waals surface area contributed by atoms with Crippen molar-refractivity contribution in [3.63, 3.8) is 0 Å². The molecular formula is C5H5NO. The van der Waals surface area contributed by atoms with E-state index in [1.54, 1.807) is 12.3 Å². The van der Waals surface area contributed by atoms with Gasteiger partial charge in [-0.3, -0.25) is 9.79 Å². The van der Waals surface area contributed by atoms with Crippen molar-refractivity contribution in [3.8, 4) is 0 Å². The van der Waals surface area contributed by atoms with E-state index in [9.17, 15) is 4.79 Å². The Morgan fingerprint density at radius 2 is 2.71 bits per heavy atom. The largest absolute Gasteiger partial charge is 0.298 e. The summed E-state index contributed by atoms with van der Waals surface area (Å²) < 4.78 is 0. The number of nitrogens with zero attached hydrogens (tertiary/aromatic N) is 1. The topological polar surface area (TPSA) is 29.4 Å². The molecule has 0 aromatic rings. The molecule has 7 heavy (non-hydrogen) atoms. The Labute approximate surface area is 41.6 Å². The summed E-state index contributed by atoms with van der Waals surface area (Å²) >= 11 is 0. The summed E-state index contributed by atoms with van der Waals surface area (Å²) in [5.41, 5.74) is 0.694. The smallest absolute Gasteiger partial charge is 0.151 e. The van der Waals surface area contributed by atoms with Crippen LogP contribution in [0.1, 0.15) is 0 Å². The van der Waals surface area contributed by atoms with E-state index >= 15 is 0 Å². The summed E-state index contributed by atoms with van der Waals surface area (Å²) in [6.45, 7) is 0.675. The number of hydrogen-bond donors (Lipinski definition) is 0. The Morgan fingerprint density at radius 1 is 1.86 bits per heavy atom. The molecule has 0 aromatic heterocycles. The number of aliphatic imine (C=N–C) groups is 1. The van der Waals surface area contributed by atoms with Crippen molar-refractivity contribution in [2.24, 2.45) is 4.99 Å². The van der Waals surface area contributed by atoms with E-state index < -0.39 is 0 Å². The summed E-state index contributed by atoms with van der Waals surface area (Å²) in [6.07, 6.45) is 4.16. The highest BCUT2D eigenvalue weighted by molar-refractivity contribution is 6.03. The van der Waals surface area contributed by atoms with E-state index in [1.807, 2.05) is 0 Å². The molecule has 1 aliphatic rings. The first-order chi connectivity index (χ1) is 3.43. The van der Waals surface area contributed by atoms with Gasteiger partial charge < -0.3 is 0 Å². The lowest BCUT2D eigenvalue weighted by Crippen LogP contribution is -1.77. The van der Waals surface area contributed by atoms with Crippen LogP contribution in [0, 0.1) is 0 Å². The Hall–Kier alpha value is -0.920. The van der Waals surface area contributed by atoms with E-state index in [1.165, 1.54) is 0 Å². The van der Waals surface area contributed by atoms with Gasteiger partial charge in [-0.05, 0) is 0 Å². The lowest BCUT2D eigenvalue weighted by molar-refractivity contribution is -0.104. The summed E-state index contributed by atoms with van der Waals surface area (Å²) in [6, 6.07) is 0. The van der Waals surface area contributed by atoms with E-state index in [0.717, 1.165) is 6.29 Å². The molecule has 2 nitrogen and oxygen atoms in total. The van der Waals surface area contributed by atoms with Crippen LogP contribution in [0.25, 0.3) is 0 Å². The van der Waals surface area contributed by atoms with Gasteiger partial charge in [0.15, 0.2) is 6.29 Å². The van der Waals surface area contributed by atoms with Crippen LogP contribution in [0.2, 0.25) is 0 Å². The third kappa shape index (κ3) is 0.738. The summed E-state index contributed by atoms with van der Waals surface area (Å²) in [7, 11) is 0. The summed E-state index contributed by atoms with van der Waals surface area (Å²) in [5, 5.41) is 0. The first-order valence-electron chi connectivity index (χ1n) is 2.08. The van der Waals surface area contributed by atoms with Crippen molar-refractivity contribution in [3.05, 3.63) is 11.6 Å². The molecule has 0 N–H and O–H groups in total. The van der Waals surface area contributed by atoms with Crippen LogP contribution in [-0.2, 0) is 4.79 Å². The molecule has 0 radical (unpaired) electrons. The fourth-order valence-corrected chi connectivity index (χ4v) is 0.447. The van der Waals surface area contributed by atoms with Gasteiger partial charge in [0.05, 0.1) is 6.54 Å². The van der Waals surface area contributed by atoms with Crippen LogP contribution in [-0.4, -0.2) is 19.0 Å². The zero-order valence-corrected chi connectivity index (χ0v) is 3.79. The van der Waals surface area contributed by atoms with Gasteiger partial charge in [0.1, 0.15) is 0 Å². The highest BCUT2D eigenvalue weighted by Crippen LogP contribution is 1.92. The maximum atomic E-state index is 9.85. The van der Waals surface area contributed by atoms with Gasteiger partial charge in [-0.2, -0.15) is 0 Å². The molecule has 1 heterocycles. The van der Waals surface area contributed by atoms with Crippen LogP contribution < -0.4 is 0 Å². The fourth-order valence-electron chi connectivity index (χ4n) is 0.447. The highest BCUT2D eigenvalue weighted by atomic mass is 16.1. The lowest BCUT2D eigenvalue weighted by Gasteiger charge is -1.69. The SMILES string of the molecule is O=CC1=CCN=C1. The first kappa shape index (κ1) is 4.24. The van der Waals surface area contributed by atoms with Crippen LogP contribution in [0.3, 0.4) is 0 Å². The molecule has 2 heteroatoms. The summed E-state index contributed by atoms with van der Waals surface area (Å²) in [4.78, 5) is 13.6. The van der Waals surface area contributed by atoms with Gasteiger partial charge in [0.2, 0.25) is 0 Å². The Kier molecular flexibility index (Phi) is 1.02. The number of carbonyl (C=O) groups is 1. The molecule has 0 fully saturated rings. The number of carbonyl (C=O) groups excluding carboxylic acids is 1. The second kappa shape index (κ2) is 1.69. The molecule has 0 bridgehead atoms. The Bertz CT molecular complexity index is 135. The molecule has 36 valence electrons. The van der Waals surface area contributed by atoms with Crippen LogP contribution in [0.4, 0.5) is 0 Å². The molecule has 0 aromatic carbocycles. The van der Waals surface area contributed by atoms with Crippen molar-refractivity contribution >= 4 is 12.5 Å². The fraction of sp³-hybridized carbons (Fsp3) is 0.200. The van der Waals surface area contributed by atoms with Gasteiger partial charge in [-0.25, -0.2) is 0 Å². The van der Waals surface area contributed by atoms with E-state index in [4.69, 9.17) is 0 Å². The quantitative estimate of drug-likeness (QED) is 0.427. The number of aldehydes is 1. The van der Waals surface area contributed by atoms with Crippen LogP contribution in [0.5, 0.6) is 0 Å². The minimum atomic E-state index is 0.675. The molecule has 0 saturated carbocycles. The van der Waals surface area contributed by atoms with Crippen LogP contribution in [0.15, 0.2) is 16.6 Å². The molecule has 0 aliphatic carbocycles. The zero-order valence-electron chi connectivity index (χ0n) is 3.79. The maximum Gasteiger partial charge on any atom is 0.151 e. The molecule has 0 amide bonds. The Balaban J connectivity index is 2.69. The van der Waals surface area contributed by atoms with Crippen molar-refractivity contribution in [2.45, 2.75) is 0 Å². The molecule has 1 rings (SSSR count). The highest BCUT2D eigenvalue weighted by Gasteiger charge is 1.92. The number of hydrogen-bond acceptors (Lipinski definition) is 2. The first-order valence-corrected chi connectivity index (χ1v) is 2.08. The average molecular weight is 95.1 g/mol. The van der Waals surface area contributed by atoms with Gasteiger partial charge in [0, 0.05) is 11.8 Å². The minimum absolute atomic E-state index is 0.675. The summed E-state index contributed by atoms with van der Waals surface area (Å²) in [5.74, 6) is 0. The van der Waals surface area contributed by atoms with Crippen LogP contribution >= 0.6 is 0 Å². The molecular weight excluding hydrogens is 90.1 g/mol. The van der Waals surface area contributed by atoms with Gasteiger partial charge in [0.25, 0.3) is 0 Å². The normalized spacial score (nSPS) is 16.9. The molecule has 1 aliphatic heterocycles. The van der Waals surface area contributed by atoms with E-state index in [0.29, 0.717) is 12.1 Å². The Morgan fingerprint density at radius 3 is 3.00 bits per heavy atom. The maximum absolute atomic E-state index is 9.85.